The van der Waals surface area contributed by atoms with Crippen molar-refractivity contribution in [2.45, 2.75) is 32.7 Å². The molecule has 2 atom stereocenters. The maximum absolute atomic E-state index is 14.2. The van der Waals surface area contributed by atoms with E-state index in [0.29, 0.717) is 23.6 Å². The summed E-state index contributed by atoms with van der Waals surface area (Å²) in [4.78, 5) is 8.81. The first-order valence-corrected chi connectivity index (χ1v) is 10.4. The van der Waals surface area contributed by atoms with Gasteiger partial charge in [-0.1, -0.05) is 0 Å². The van der Waals surface area contributed by atoms with Crippen LogP contribution in [0.15, 0.2) is 41.5 Å². The van der Waals surface area contributed by atoms with Crippen molar-refractivity contribution in [1.82, 2.24) is 10.3 Å². The molecule has 8 heteroatoms. The first kappa shape index (κ1) is 25.4. The molecular formula is C24H30F3N3O2. The standard InChI is InChI=1S/C22H26F3N3O.C2H4O/c1-14(18-11-16(23)5-7-20(18)25)27-28(4)22(2)15(9-10-26-3)13-29-21-8-6-17(24)12-19(21)22;1-2-3/h5-8,11-12,15,26H,9-10,13H2,1-4H3;2H,1H3/b27-14+;. The molecule has 2 aromatic carbocycles. The number of nitrogens with one attached hydrogen (secondary N) is 1. The van der Waals surface area contributed by atoms with Gasteiger partial charge in [-0.25, -0.2) is 13.2 Å². The highest BCUT2D eigenvalue weighted by molar-refractivity contribution is 5.98. The van der Waals surface area contributed by atoms with Crippen molar-refractivity contribution in [3.05, 3.63) is 65.0 Å². The Morgan fingerprint density at radius 1 is 1.25 bits per heavy atom. The molecule has 0 spiro atoms. The zero-order valence-electron chi connectivity index (χ0n) is 19.1. The largest absolute Gasteiger partial charge is 0.493 e. The van der Waals surface area contributed by atoms with Crippen molar-refractivity contribution in [1.29, 1.82) is 0 Å². The Morgan fingerprint density at radius 3 is 2.53 bits per heavy atom. The summed E-state index contributed by atoms with van der Waals surface area (Å²) in [5, 5.41) is 9.42. The summed E-state index contributed by atoms with van der Waals surface area (Å²) in [6, 6.07) is 7.73. The minimum Gasteiger partial charge on any atom is -0.493 e. The third kappa shape index (κ3) is 5.48. The highest BCUT2D eigenvalue weighted by Gasteiger charge is 2.45. The number of hydrogen-bond acceptors (Lipinski definition) is 5. The van der Waals surface area contributed by atoms with Gasteiger partial charge in [0.2, 0.25) is 0 Å². The lowest BCUT2D eigenvalue weighted by molar-refractivity contribution is -0.106. The minimum atomic E-state index is -0.697. The van der Waals surface area contributed by atoms with Crippen LogP contribution in [0.1, 0.15) is 38.3 Å². The van der Waals surface area contributed by atoms with Crippen LogP contribution in [-0.4, -0.2) is 44.3 Å². The molecule has 0 radical (unpaired) electrons. The van der Waals surface area contributed by atoms with E-state index in [1.807, 2.05) is 14.0 Å². The zero-order valence-corrected chi connectivity index (χ0v) is 19.1. The van der Waals surface area contributed by atoms with Crippen LogP contribution in [0.4, 0.5) is 13.2 Å². The van der Waals surface area contributed by atoms with Gasteiger partial charge in [-0.3, -0.25) is 5.01 Å². The van der Waals surface area contributed by atoms with Crippen LogP contribution >= 0.6 is 0 Å². The second kappa shape index (κ2) is 11.1. The first-order valence-electron chi connectivity index (χ1n) is 10.4. The third-order valence-corrected chi connectivity index (χ3v) is 5.76. The maximum atomic E-state index is 14.2. The molecule has 5 nitrogen and oxygen atoms in total. The van der Waals surface area contributed by atoms with Crippen molar-refractivity contribution in [2.75, 3.05) is 27.2 Å². The predicted octanol–water partition coefficient (Wildman–Crippen LogP) is 4.50. The highest BCUT2D eigenvalue weighted by Crippen LogP contribution is 2.45. The van der Waals surface area contributed by atoms with Gasteiger partial charge in [0.1, 0.15) is 29.5 Å². The smallest absolute Gasteiger partial charge is 0.132 e. The van der Waals surface area contributed by atoms with Crippen LogP contribution in [0.2, 0.25) is 0 Å². The Kier molecular flexibility index (Phi) is 8.83. The summed E-state index contributed by atoms with van der Waals surface area (Å²) < 4.78 is 47.8. The summed E-state index contributed by atoms with van der Waals surface area (Å²) in [7, 11) is 3.64. The van der Waals surface area contributed by atoms with Gasteiger partial charge in [-0.05, 0) is 77.2 Å². The molecule has 0 saturated heterocycles. The van der Waals surface area contributed by atoms with Crippen molar-refractivity contribution in [3.8, 4) is 5.75 Å². The predicted molar refractivity (Wildman–Crippen MR) is 119 cm³/mol. The minimum absolute atomic E-state index is 0.00292. The second-order valence-corrected chi connectivity index (χ2v) is 7.76. The van der Waals surface area contributed by atoms with Crippen LogP contribution in [0.3, 0.4) is 0 Å². The SMILES string of the molecule is CC=O.CNCCC1COc2ccc(F)cc2C1(C)N(C)/N=C(\C)c1cc(F)ccc1F. The number of carbonyl (C=O) groups is 1. The van der Waals surface area contributed by atoms with Crippen LogP contribution in [-0.2, 0) is 10.3 Å². The number of carbonyl (C=O) groups excluding carboxylic acids is 1. The van der Waals surface area contributed by atoms with Gasteiger partial charge >= 0.3 is 0 Å². The number of hydrazone groups is 1. The third-order valence-electron chi connectivity index (χ3n) is 5.76. The van der Waals surface area contributed by atoms with E-state index >= 15 is 0 Å². The number of ether oxygens (including phenoxy) is 1. The van der Waals surface area contributed by atoms with Crippen LogP contribution in [0.25, 0.3) is 0 Å². The van der Waals surface area contributed by atoms with Crippen molar-refractivity contribution in [2.24, 2.45) is 11.0 Å². The van der Waals surface area contributed by atoms with Gasteiger partial charge in [0.25, 0.3) is 0 Å². The summed E-state index contributed by atoms with van der Waals surface area (Å²) >= 11 is 0. The molecule has 0 fully saturated rings. The summed E-state index contributed by atoms with van der Waals surface area (Å²) in [5.74, 6) is -0.834. The topological polar surface area (TPSA) is 53.9 Å². The highest BCUT2D eigenvalue weighted by atomic mass is 19.1. The first-order chi connectivity index (χ1) is 15.2. The quantitative estimate of drug-likeness (QED) is 0.401. The van der Waals surface area contributed by atoms with E-state index in [2.05, 4.69) is 10.4 Å². The van der Waals surface area contributed by atoms with E-state index in [1.165, 1.54) is 19.1 Å². The van der Waals surface area contributed by atoms with Gasteiger partial charge in [-0.2, -0.15) is 5.10 Å². The summed E-state index contributed by atoms with van der Waals surface area (Å²) in [6.45, 7) is 6.26. The lowest BCUT2D eigenvalue weighted by Crippen LogP contribution is -2.50. The molecule has 3 rings (SSSR count). The van der Waals surface area contributed by atoms with Gasteiger partial charge in [0, 0.05) is 24.1 Å². The Morgan fingerprint density at radius 2 is 1.88 bits per heavy atom. The average Bonchev–Trinajstić information content (AvgIpc) is 2.75. The van der Waals surface area contributed by atoms with Crippen molar-refractivity contribution < 1.29 is 22.7 Å². The molecular weight excluding hydrogens is 419 g/mol. The van der Waals surface area contributed by atoms with E-state index in [-0.39, 0.29) is 17.3 Å². The molecule has 0 saturated carbocycles. The van der Waals surface area contributed by atoms with Gasteiger partial charge in [0.05, 0.1) is 17.9 Å². The van der Waals surface area contributed by atoms with Crippen molar-refractivity contribution >= 4 is 12.0 Å². The summed E-state index contributed by atoms with van der Waals surface area (Å²) in [6.07, 6.45) is 1.52. The second-order valence-electron chi connectivity index (χ2n) is 7.76. The number of halogens is 3. The number of fused-ring (bicyclic) bond motifs is 1. The zero-order chi connectivity index (χ0) is 23.9. The molecule has 2 unspecified atom stereocenters. The average molecular weight is 450 g/mol. The molecule has 1 aliphatic heterocycles. The molecule has 1 heterocycles. The molecule has 174 valence electrons. The molecule has 0 aliphatic carbocycles. The van der Waals surface area contributed by atoms with E-state index < -0.39 is 17.2 Å². The maximum Gasteiger partial charge on any atom is 0.132 e. The number of nitrogens with zero attached hydrogens (tertiary/aromatic N) is 2. The molecule has 0 aromatic heterocycles. The Bertz CT molecular complexity index is 968. The van der Waals surface area contributed by atoms with Crippen molar-refractivity contribution in [3.63, 3.8) is 0 Å². The fraction of sp³-hybridized carbons (Fsp3) is 0.417. The Balaban J connectivity index is 0.00000114. The Hall–Kier alpha value is -2.87. The lowest BCUT2D eigenvalue weighted by Gasteiger charge is -2.47. The fourth-order valence-corrected chi connectivity index (χ4v) is 3.88. The van der Waals surface area contributed by atoms with E-state index in [9.17, 15) is 13.2 Å². The number of benzene rings is 2. The molecule has 1 aliphatic rings. The number of aldehydes is 1. The van der Waals surface area contributed by atoms with Gasteiger partial charge < -0.3 is 14.8 Å². The molecule has 0 amide bonds. The van der Waals surface area contributed by atoms with Gasteiger partial charge in [-0.15, -0.1) is 0 Å². The number of hydrogen-bond donors (Lipinski definition) is 1. The molecule has 2 aromatic rings. The van der Waals surface area contributed by atoms with Crippen LogP contribution < -0.4 is 10.1 Å². The monoisotopic (exact) mass is 449 g/mol. The van der Waals surface area contributed by atoms with E-state index in [1.54, 1.807) is 25.0 Å². The van der Waals surface area contributed by atoms with Crippen LogP contribution in [0.5, 0.6) is 5.75 Å². The normalized spacial score (nSPS) is 19.9. The number of rotatable bonds is 6. The van der Waals surface area contributed by atoms with E-state index in [0.717, 1.165) is 37.5 Å². The molecule has 32 heavy (non-hydrogen) atoms. The lowest BCUT2D eigenvalue weighted by atomic mass is 9.75. The fourth-order valence-electron chi connectivity index (χ4n) is 3.88. The van der Waals surface area contributed by atoms with Gasteiger partial charge in [0.15, 0.2) is 0 Å². The van der Waals surface area contributed by atoms with E-state index in [4.69, 9.17) is 9.53 Å². The molecule has 0 bridgehead atoms. The summed E-state index contributed by atoms with van der Waals surface area (Å²) in [5.41, 5.74) is 0.419. The molecule has 1 N–H and O–H groups in total. The Labute approximate surface area is 187 Å². The van der Waals surface area contributed by atoms with Crippen LogP contribution in [0, 0.1) is 23.4 Å².